The highest BCUT2D eigenvalue weighted by Gasteiger charge is 2.20. The number of benzene rings is 12. The summed E-state index contributed by atoms with van der Waals surface area (Å²) in [4.78, 5) is 8.72. The predicted octanol–water partition coefficient (Wildman–Crippen LogP) is 19.2. The van der Waals surface area contributed by atoms with E-state index in [-0.39, 0.29) is 0 Å². The minimum Gasteiger partial charge on any atom is -0.309 e. The second-order valence-corrected chi connectivity index (χ2v) is 17.9. The van der Waals surface area contributed by atoms with E-state index in [0.29, 0.717) is 11.3 Å². The first kappa shape index (κ1) is 43.3. The largest absolute Gasteiger partial charge is 0.309 e. The van der Waals surface area contributed by atoms with Crippen LogP contribution in [0.15, 0.2) is 243 Å². The Balaban J connectivity index is 0.834. The molecule has 0 aromatic heterocycles. The Morgan fingerprint density at radius 2 is 0.681 bits per heavy atom. The summed E-state index contributed by atoms with van der Waals surface area (Å²) < 4.78 is 0. The molecule has 4 heteroatoms. The lowest BCUT2D eigenvalue weighted by Crippen LogP contribution is -2.11. The summed E-state index contributed by atoms with van der Waals surface area (Å²) in [5.74, 6) is 0. The maximum atomic E-state index is 10.6. The van der Waals surface area contributed by atoms with Crippen molar-refractivity contribution in [1.82, 2.24) is 0 Å². The fourth-order valence-electron chi connectivity index (χ4n) is 10.2. The number of hydrogen-bond acceptors (Lipinski definition) is 3. The molecule has 336 valence electrons. The van der Waals surface area contributed by atoms with Crippen LogP contribution in [-0.2, 0) is 0 Å². The van der Waals surface area contributed by atoms with Crippen LogP contribution in [0, 0.1) is 17.9 Å². The molecule has 0 saturated heterocycles. The van der Waals surface area contributed by atoms with Gasteiger partial charge in [0.1, 0.15) is 6.07 Å². The lowest BCUT2D eigenvalue weighted by atomic mass is 9.95. The number of fused-ring (bicyclic) bond motifs is 5. The fraction of sp³-hybridized carbons (Fsp3) is 0. The molecule has 0 saturated carbocycles. The van der Waals surface area contributed by atoms with E-state index in [1.54, 1.807) is 0 Å². The van der Waals surface area contributed by atoms with Gasteiger partial charge in [0.2, 0.25) is 5.69 Å². The summed E-state index contributed by atoms with van der Waals surface area (Å²) in [6, 6.07) is 87.4. The van der Waals surface area contributed by atoms with Gasteiger partial charge in [0.25, 0.3) is 0 Å². The Hall–Kier alpha value is -10.0. The van der Waals surface area contributed by atoms with Crippen molar-refractivity contribution in [3.63, 3.8) is 0 Å². The molecule has 0 bridgehead atoms. The Morgan fingerprint density at radius 1 is 0.333 bits per heavy atom. The zero-order valence-corrected chi connectivity index (χ0v) is 39.2. The maximum absolute atomic E-state index is 10.6. The van der Waals surface area contributed by atoms with Crippen LogP contribution in [-0.4, -0.2) is 0 Å². The number of hydrogen-bond donors (Lipinski definition) is 0. The summed E-state index contributed by atoms with van der Waals surface area (Å²) >= 11 is 0. The fourth-order valence-corrected chi connectivity index (χ4v) is 10.2. The molecule has 0 aliphatic carbocycles. The van der Waals surface area contributed by atoms with Crippen LogP contribution in [0.4, 0.5) is 39.8 Å². The summed E-state index contributed by atoms with van der Waals surface area (Å²) in [5.41, 5.74) is 11.1. The number of nitriles is 1. The van der Waals surface area contributed by atoms with E-state index in [0.717, 1.165) is 67.2 Å². The SMILES string of the molecule is [C-]#[N+]c1c(/C=C/c2ccc(N(c3cccc4ccccc34)c3cccc4ccccc34)cc2)ccc2c(C#N)c(/C=C/c3ccc(N(c4cccc5ccccc45)c4cccc5ccccc45)cc3)ccc12. The first-order valence-corrected chi connectivity index (χ1v) is 24.1. The Morgan fingerprint density at radius 3 is 1.07 bits per heavy atom. The molecule has 0 aliphatic heterocycles. The molecule has 0 radical (unpaired) electrons. The monoisotopic (exact) mass is 916 g/mol. The first-order chi connectivity index (χ1) is 35.6. The van der Waals surface area contributed by atoms with Crippen molar-refractivity contribution >= 4 is 118 Å². The molecule has 12 aromatic rings. The van der Waals surface area contributed by atoms with Gasteiger partial charge in [-0.15, -0.1) is 0 Å². The molecule has 0 fully saturated rings. The molecular weight excluding hydrogens is 873 g/mol. The highest BCUT2D eigenvalue weighted by atomic mass is 15.2. The summed E-state index contributed by atoms with van der Waals surface area (Å²) in [7, 11) is 0. The molecular formula is C68H44N4. The van der Waals surface area contributed by atoms with E-state index in [1.165, 1.54) is 43.1 Å². The average Bonchev–Trinajstić information content (AvgIpc) is 3.44. The third-order valence-corrected chi connectivity index (χ3v) is 13.7. The lowest BCUT2D eigenvalue weighted by molar-refractivity contribution is 1.31. The standard InChI is InChI=1S/C68H44N4/c1-70-68-54(37-31-48-34-42-56(43-35-48)72(66-28-12-20-51-16-4-8-24-59(51)66)67-29-13-21-52-17-5-9-25-60(52)67)39-44-61-62(68)45-38-53(63(61)46-69)36-30-47-32-40-55(41-33-47)71(64-26-10-18-49-14-2-6-22-57(49)64)65-27-11-19-50-15-3-7-23-58(50)65/h2-45H/b36-30+,37-31+. The second-order valence-electron chi connectivity index (χ2n) is 17.9. The summed E-state index contributed by atoms with van der Waals surface area (Å²) in [5, 5.41) is 21.5. The van der Waals surface area contributed by atoms with Gasteiger partial charge >= 0.3 is 0 Å². The van der Waals surface area contributed by atoms with Crippen molar-refractivity contribution in [1.29, 1.82) is 5.26 Å². The van der Waals surface area contributed by atoms with Crippen LogP contribution in [0.1, 0.15) is 27.8 Å². The van der Waals surface area contributed by atoms with Crippen molar-refractivity contribution in [2.24, 2.45) is 0 Å². The first-order valence-electron chi connectivity index (χ1n) is 24.1. The van der Waals surface area contributed by atoms with Gasteiger partial charge in [-0.2, -0.15) is 5.26 Å². The topological polar surface area (TPSA) is 34.6 Å². The van der Waals surface area contributed by atoms with Gasteiger partial charge in [-0.3, -0.25) is 0 Å². The van der Waals surface area contributed by atoms with Gasteiger partial charge in [0.15, 0.2) is 0 Å². The number of rotatable bonds is 10. The predicted molar refractivity (Wildman–Crippen MR) is 305 cm³/mol. The van der Waals surface area contributed by atoms with E-state index in [9.17, 15) is 5.26 Å². The molecule has 12 aromatic carbocycles. The van der Waals surface area contributed by atoms with Crippen molar-refractivity contribution in [3.8, 4) is 6.07 Å². The van der Waals surface area contributed by atoms with Crippen molar-refractivity contribution in [2.45, 2.75) is 0 Å². The van der Waals surface area contributed by atoms with E-state index in [2.05, 4.69) is 245 Å². The minimum absolute atomic E-state index is 0.517. The van der Waals surface area contributed by atoms with E-state index < -0.39 is 0 Å². The highest BCUT2D eigenvalue weighted by molar-refractivity contribution is 6.07. The normalized spacial score (nSPS) is 11.5. The highest BCUT2D eigenvalue weighted by Crippen LogP contribution is 2.44. The van der Waals surface area contributed by atoms with E-state index in [1.807, 2.05) is 42.5 Å². The van der Waals surface area contributed by atoms with Gasteiger partial charge < -0.3 is 9.80 Å². The molecule has 0 spiro atoms. The van der Waals surface area contributed by atoms with Gasteiger partial charge in [0, 0.05) is 32.9 Å². The molecule has 0 N–H and O–H groups in total. The van der Waals surface area contributed by atoms with Crippen LogP contribution in [0.2, 0.25) is 0 Å². The van der Waals surface area contributed by atoms with E-state index >= 15 is 0 Å². The smallest absolute Gasteiger partial charge is 0.202 e. The van der Waals surface area contributed by atoms with Crippen LogP contribution in [0.5, 0.6) is 0 Å². The van der Waals surface area contributed by atoms with Gasteiger partial charge in [-0.25, -0.2) is 4.85 Å². The Kier molecular flexibility index (Phi) is 11.3. The minimum atomic E-state index is 0.517. The molecule has 0 heterocycles. The van der Waals surface area contributed by atoms with Crippen molar-refractivity contribution in [3.05, 3.63) is 282 Å². The van der Waals surface area contributed by atoms with E-state index in [4.69, 9.17) is 6.57 Å². The van der Waals surface area contributed by atoms with Crippen LogP contribution < -0.4 is 9.80 Å². The van der Waals surface area contributed by atoms with Crippen LogP contribution in [0.3, 0.4) is 0 Å². The average molecular weight is 917 g/mol. The zero-order valence-electron chi connectivity index (χ0n) is 39.2. The van der Waals surface area contributed by atoms with Gasteiger partial charge in [-0.05, 0) is 103 Å². The molecule has 12 rings (SSSR count). The number of anilines is 6. The Labute approximate surface area is 419 Å². The van der Waals surface area contributed by atoms with Crippen molar-refractivity contribution in [2.75, 3.05) is 9.80 Å². The third kappa shape index (κ3) is 7.96. The summed E-state index contributed by atoms with van der Waals surface area (Å²) in [6.45, 7) is 8.30. The van der Waals surface area contributed by atoms with Crippen LogP contribution >= 0.6 is 0 Å². The van der Waals surface area contributed by atoms with Gasteiger partial charge in [0.05, 0.1) is 34.9 Å². The zero-order chi connectivity index (χ0) is 48.4. The number of nitrogens with zero attached hydrogens (tertiary/aromatic N) is 4. The molecule has 0 atom stereocenters. The van der Waals surface area contributed by atoms with Crippen molar-refractivity contribution < 1.29 is 0 Å². The van der Waals surface area contributed by atoms with Crippen LogP contribution in [0.25, 0.3) is 83.0 Å². The van der Waals surface area contributed by atoms with Gasteiger partial charge in [-0.1, -0.05) is 218 Å². The third-order valence-electron chi connectivity index (χ3n) is 13.7. The summed E-state index contributed by atoms with van der Waals surface area (Å²) in [6.07, 6.45) is 8.10. The Bertz CT molecular complexity index is 3740. The molecule has 0 unspecified atom stereocenters. The quantitative estimate of drug-likeness (QED) is 0.101. The maximum Gasteiger partial charge on any atom is 0.202 e. The molecule has 72 heavy (non-hydrogen) atoms. The molecule has 0 amide bonds. The molecule has 4 nitrogen and oxygen atoms in total. The lowest BCUT2D eigenvalue weighted by Gasteiger charge is -2.28. The molecule has 0 aliphatic rings. The second kappa shape index (κ2) is 18.8.